The highest BCUT2D eigenvalue weighted by Gasteiger charge is 2.22. The second-order valence-electron chi connectivity index (χ2n) is 4.91. The predicted molar refractivity (Wildman–Crippen MR) is 89.4 cm³/mol. The number of nitrogen functional groups attached to an aromatic ring is 1. The number of nitrogens with two attached hydrogens (primary N) is 1. The lowest BCUT2D eigenvalue weighted by Gasteiger charge is -2.16. The summed E-state index contributed by atoms with van der Waals surface area (Å²) in [5, 5.41) is 19.3. The molecule has 1 aromatic carbocycles. The number of ether oxygens (including phenoxy) is 1. The Bertz CT molecular complexity index is 849. The van der Waals surface area contributed by atoms with Crippen molar-refractivity contribution in [3.63, 3.8) is 0 Å². The first-order valence-corrected chi connectivity index (χ1v) is 6.97. The minimum absolute atomic E-state index is 0.00824. The summed E-state index contributed by atoms with van der Waals surface area (Å²) in [6.07, 6.45) is 0. The monoisotopic (exact) mass is 327 g/mol. The number of nitriles is 2. The lowest BCUT2D eigenvalue weighted by atomic mass is 9.96. The van der Waals surface area contributed by atoms with E-state index in [1.165, 1.54) is 7.11 Å². The van der Waals surface area contributed by atoms with Crippen LogP contribution in [0.1, 0.15) is 11.1 Å². The molecule has 0 spiro atoms. The van der Waals surface area contributed by atoms with E-state index < -0.39 is 0 Å². The van der Waals surface area contributed by atoms with Crippen molar-refractivity contribution in [1.29, 1.82) is 10.5 Å². The Morgan fingerprint density at radius 3 is 2.35 bits per heavy atom. The number of hydrogen-bond donors (Lipinski definition) is 1. The summed E-state index contributed by atoms with van der Waals surface area (Å²) in [5.41, 5.74) is 7.79. The van der Waals surface area contributed by atoms with Gasteiger partial charge in [0.2, 0.25) is 5.88 Å². The molecule has 0 aliphatic rings. The van der Waals surface area contributed by atoms with Crippen LogP contribution in [0.4, 0.5) is 11.5 Å². The van der Waals surface area contributed by atoms with Gasteiger partial charge in [0, 0.05) is 30.9 Å². The normalized spacial score (nSPS) is 9.83. The van der Waals surface area contributed by atoms with Gasteiger partial charge in [0.05, 0.1) is 12.1 Å². The second kappa shape index (κ2) is 6.43. The summed E-state index contributed by atoms with van der Waals surface area (Å²) in [4.78, 5) is 5.85. The van der Waals surface area contributed by atoms with Gasteiger partial charge in [0.15, 0.2) is 0 Å². The van der Waals surface area contributed by atoms with Crippen LogP contribution in [0.25, 0.3) is 11.1 Å². The van der Waals surface area contributed by atoms with Crippen LogP contribution in [0.15, 0.2) is 18.2 Å². The van der Waals surface area contributed by atoms with Gasteiger partial charge in [-0.3, -0.25) is 0 Å². The number of methoxy groups -OCH3 is 1. The topological polar surface area (TPSA) is 99.0 Å². The number of benzene rings is 1. The third-order valence-corrected chi connectivity index (χ3v) is 3.66. The molecule has 7 heteroatoms. The van der Waals surface area contributed by atoms with Crippen molar-refractivity contribution in [2.24, 2.45) is 0 Å². The van der Waals surface area contributed by atoms with Gasteiger partial charge >= 0.3 is 0 Å². The van der Waals surface area contributed by atoms with Crippen LogP contribution >= 0.6 is 11.6 Å². The molecule has 23 heavy (non-hydrogen) atoms. The van der Waals surface area contributed by atoms with Crippen LogP contribution in [0.3, 0.4) is 0 Å². The minimum atomic E-state index is -0.00824. The predicted octanol–water partition coefficient (Wildman–Crippen LogP) is 2.80. The van der Waals surface area contributed by atoms with Crippen LogP contribution < -0.4 is 15.4 Å². The van der Waals surface area contributed by atoms with Gasteiger partial charge < -0.3 is 15.4 Å². The first-order valence-electron chi connectivity index (χ1n) is 6.59. The lowest BCUT2D eigenvalue weighted by Crippen LogP contribution is -2.08. The Hall–Kier alpha value is -2.96. The SMILES string of the molecule is COc1nc(N)c(C#N)c(-c2ccc(N(C)C)cc2Cl)c1C#N. The van der Waals surface area contributed by atoms with Crippen LogP contribution in [0.2, 0.25) is 5.02 Å². The van der Waals surface area contributed by atoms with E-state index in [9.17, 15) is 10.5 Å². The molecule has 0 aliphatic heterocycles. The number of rotatable bonds is 3. The molecule has 0 saturated carbocycles. The molecule has 0 saturated heterocycles. The molecular weight excluding hydrogens is 314 g/mol. The molecule has 0 bridgehead atoms. The Morgan fingerprint density at radius 2 is 1.87 bits per heavy atom. The third kappa shape index (κ3) is 2.85. The number of nitrogens with zero attached hydrogens (tertiary/aromatic N) is 4. The smallest absolute Gasteiger partial charge is 0.234 e. The van der Waals surface area contributed by atoms with Crippen molar-refractivity contribution in [3.05, 3.63) is 34.3 Å². The number of anilines is 2. The maximum atomic E-state index is 9.46. The van der Waals surface area contributed by atoms with Gasteiger partial charge in [-0.05, 0) is 12.1 Å². The summed E-state index contributed by atoms with van der Waals surface area (Å²) in [6.45, 7) is 0. The Kier molecular flexibility index (Phi) is 4.59. The summed E-state index contributed by atoms with van der Waals surface area (Å²) in [6, 6.07) is 9.34. The van der Waals surface area contributed by atoms with Gasteiger partial charge in [-0.15, -0.1) is 0 Å². The van der Waals surface area contributed by atoms with Crippen molar-refractivity contribution in [3.8, 4) is 29.1 Å². The fourth-order valence-corrected chi connectivity index (χ4v) is 2.47. The molecule has 1 aromatic heterocycles. The van der Waals surface area contributed by atoms with Gasteiger partial charge in [-0.2, -0.15) is 15.5 Å². The van der Waals surface area contributed by atoms with E-state index in [0.717, 1.165) is 5.69 Å². The zero-order chi connectivity index (χ0) is 17.1. The van der Waals surface area contributed by atoms with E-state index in [4.69, 9.17) is 22.1 Å². The molecule has 0 radical (unpaired) electrons. The van der Waals surface area contributed by atoms with Gasteiger partial charge in [0.1, 0.15) is 29.1 Å². The molecule has 0 fully saturated rings. The molecule has 6 nitrogen and oxygen atoms in total. The van der Waals surface area contributed by atoms with E-state index in [-0.39, 0.29) is 22.8 Å². The van der Waals surface area contributed by atoms with E-state index >= 15 is 0 Å². The standard InChI is InChI=1S/C16H14ClN5O/c1-22(2)9-4-5-10(13(17)6-9)14-11(7-18)15(20)21-16(23-3)12(14)8-19/h4-6H,1-3H3,(H2,20,21). The van der Waals surface area contributed by atoms with Crippen molar-refractivity contribution >= 4 is 23.1 Å². The summed E-state index contributed by atoms with van der Waals surface area (Å²) in [7, 11) is 5.16. The van der Waals surface area contributed by atoms with Gasteiger partial charge in [-0.25, -0.2) is 0 Å². The largest absolute Gasteiger partial charge is 0.480 e. The zero-order valence-electron chi connectivity index (χ0n) is 12.9. The molecule has 0 amide bonds. The number of halogens is 1. The van der Waals surface area contributed by atoms with E-state index in [1.807, 2.05) is 37.2 Å². The van der Waals surface area contributed by atoms with Crippen molar-refractivity contribution in [2.45, 2.75) is 0 Å². The second-order valence-corrected chi connectivity index (χ2v) is 5.32. The minimum Gasteiger partial charge on any atom is -0.480 e. The molecule has 2 aromatic rings. The molecule has 2 rings (SSSR count). The summed E-state index contributed by atoms with van der Waals surface area (Å²) < 4.78 is 5.11. The Labute approximate surface area is 139 Å². The zero-order valence-corrected chi connectivity index (χ0v) is 13.6. The maximum Gasteiger partial charge on any atom is 0.234 e. The van der Waals surface area contributed by atoms with Crippen molar-refractivity contribution in [1.82, 2.24) is 4.98 Å². The van der Waals surface area contributed by atoms with Crippen LogP contribution in [-0.4, -0.2) is 26.2 Å². The molecule has 2 N–H and O–H groups in total. The molecule has 0 atom stereocenters. The molecular formula is C16H14ClN5O. The fourth-order valence-electron chi connectivity index (χ4n) is 2.20. The van der Waals surface area contributed by atoms with Gasteiger partial charge in [-0.1, -0.05) is 17.7 Å². The van der Waals surface area contributed by atoms with Crippen molar-refractivity contribution in [2.75, 3.05) is 31.8 Å². The Balaban J connectivity index is 2.85. The highest BCUT2D eigenvalue weighted by Crippen LogP contribution is 2.39. The number of pyridine rings is 1. The van der Waals surface area contributed by atoms with Gasteiger partial charge in [0.25, 0.3) is 0 Å². The third-order valence-electron chi connectivity index (χ3n) is 3.35. The Morgan fingerprint density at radius 1 is 1.22 bits per heavy atom. The van der Waals surface area contributed by atoms with Crippen LogP contribution in [0.5, 0.6) is 5.88 Å². The highest BCUT2D eigenvalue weighted by atomic mass is 35.5. The van der Waals surface area contributed by atoms with E-state index in [1.54, 1.807) is 12.1 Å². The van der Waals surface area contributed by atoms with E-state index in [0.29, 0.717) is 16.1 Å². The number of aromatic nitrogens is 1. The molecule has 116 valence electrons. The average Bonchev–Trinajstić information content (AvgIpc) is 2.53. The van der Waals surface area contributed by atoms with E-state index in [2.05, 4.69) is 4.98 Å². The summed E-state index contributed by atoms with van der Waals surface area (Å²) >= 11 is 6.37. The first-order chi connectivity index (χ1) is 10.9. The molecule has 0 aliphatic carbocycles. The fraction of sp³-hybridized carbons (Fsp3) is 0.188. The van der Waals surface area contributed by atoms with Crippen molar-refractivity contribution < 1.29 is 4.74 Å². The molecule has 1 heterocycles. The highest BCUT2D eigenvalue weighted by molar-refractivity contribution is 6.33. The quantitative estimate of drug-likeness (QED) is 0.930. The first kappa shape index (κ1) is 16.4. The number of hydrogen-bond acceptors (Lipinski definition) is 6. The molecule has 0 unspecified atom stereocenters. The van der Waals surface area contributed by atoms with Crippen LogP contribution in [0, 0.1) is 22.7 Å². The average molecular weight is 328 g/mol. The van der Waals surface area contributed by atoms with Crippen LogP contribution in [-0.2, 0) is 0 Å². The maximum absolute atomic E-state index is 9.46. The summed E-state index contributed by atoms with van der Waals surface area (Å²) in [5.74, 6) is 0.0536. The lowest BCUT2D eigenvalue weighted by molar-refractivity contribution is 0.397.